The molecule has 1 N–H and O–H groups in total. The summed E-state index contributed by atoms with van der Waals surface area (Å²) in [6.07, 6.45) is 1.02. The summed E-state index contributed by atoms with van der Waals surface area (Å²) >= 11 is 0. The fourth-order valence-electron chi connectivity index (χ4n) is 3.26. The number of methoxy groups -OCH3 is 1. The lowest BCUT2D eigenvalue weighted by Crippen LogP contribution is -2.38. The molecule has 1 unspecified atom stereocenters. The van der Waals surface area contributed by atoms with Crippen molar-refractivity contribution in [2.75, 3.05) is 31.7 Å². The van der Waals surface area contributed by atoms with Gasteiger partial charge in [0.2, 0.25) is 0 Å². The maximum atomic E-state index is 12.3. The Bertz CT molecular complexity index is 834. The second kappa shape index (κ2) is 8.14. The summed E-state index contributed by atoms with van der Waals surface area (Å²) < 4.78 is 6.20. The molecule has 1 amide bonds. The van der Waals surface area contributed by atoms with Crippen molar-refractivity contribution in [1.29, 1.82) is 0 Å². The molecule has 138 valence electrons. The van der Waals surface area contributed by atoms with Gasteiger partial charge in [0.25, 0.3) is 11.5 Å². The highest BCUT2D eigenvalue weighted by molar-refractivity contribution is 5.92. The van der Waals surface area contributed by atoms with Gasteiger partial charge in [0, 0.05) is 38.0 Å². The third-order valence-electron chi connectivity index (χ3n) is 4.59. The van der Waals surface area contributed by atoms with E-state index in [-0.39, 0.29) is 17.2 Å². The molecule has 3 rings (SSSR count). The van der Waals surface area contributed by atoms with E-state index >= 15 is 0 Å². The van der Waals surface area contributed by atoms with Gasteiger partial charge in [0.1, 0.15) is 5.69 Å². The van der Waals surface area contributed by atoms with Gasteiger partial charge in [-0.2, -0.15) is 5.10 Å². The molecule has 0 aliphatic carbocycles. The molecule has 0 fully saturated rings. The number of aromatic nitrogens is 2. The van der Waals surface area contributed by atoms with Crippen molar-refractivity contribution >= 4 is 11.6 Å². The van der Waals surface area contributed by atoms with Gasteiger partial charge in [0.15, 0.2) is 0 Å². The average Bonchev–Trinajstić information content (AvgIpc) is 2.96. The number of benzene rings is 1. The third kappa shape index (κ3) is 3.94. The van der Waals surface area contributed by atoms with Gasteiger partial charge in [-0.15, -0.1) is 0 Å². The number of anilines is 1. The average molecular weight is 356 g/mol. The van der Waals surface area contributed by atoms with Crippen LogP contribution in [0.2, 0.25) is 0 Å². The molecule has 0 radical (unpaired) electrons. The first-order valence-corrected chi connectivity index (χ1v) is 8.80. The Labute approximate surface area is 152 Å². The van der Waals surface area contributed by atoms with Gasteiger partial charge in [-0.3, -0.25) is 9.59 Å². The van der Waals surface area contributed by atoms with Crippen molar-refractivity contribution in [3.8, 4) is 0 Å². The molecule has 1 aliphatic rings. The van der Waals surface area contributed by atoms with Gasteiger partial charge in [-0.25, -0.2) is 4.68 Å². The van der Waals surface area contributed by atoms with Crippen LogP contribution in [0, 0.1) is 0 Å². The summed E-state index contributed by atoms with van der Waals surface area (Å²) in [6.45, 7) is 4.11. The van der Waals surface area contributed by atoms with Crippen molar-refractivity contribution in [1.82, 2.24) is 15.1 Å². The third-order valence-corrected chi connectivity index (χ3v) is 4.59. The largest absolute Gasteiger partial charge is 0.383 e. The van der Waals surface area contributed by atoms with E-state index in [1.165, 1.54) is 28.1 Å². The Balaban J connectivity index is 1.59. The second-order valence-corrected chi connectivity index (χ2v) is 6.40. The molecule has 26 heavy (non-hydrogen) atoms. The van der Waals surface area contributed by atoms with Gasteiger partial charge in [0.05, 0.1) is 13.2 Å². The maximum absolute atomic E-state index is 12.3. The molecule has 1 aromatic heterocycles. The first-order chi connectivity index (χ1) is 12.6. The van der Waals surface area contributed by atoms with Crippen LogP contribution in [0.1, 0.15) is 23.0 Å². The van der Waals surface area contributed by atoms with E-state index in [4.69, 9.17) is 4.74 Å². The smallest absolute Gasteiger partial charge is 0.271 e. The summed E-state index contributed by atoms with van der Waals surface area (Å²) in [7, 11) is 1.55. The summed E-state index contributed by atoms with van der Waals surface area (Å²) in [5.41, 5.74) is 2.57. The molecule has 7 nitrogen and oxygen atoms in total. The molecule has 0 saturated heterocycles. The minimum Gasteiger partial charge on any atom is -0.383 e. The Kier molecular flexibility index (Phi) is 5.68. The number of hydrogen-bond acceptors (Lipinski definition) is 5. The molecule has 1 aromatic carbocycles. The van der Waals surface area contributed by atoms with Crippen molar-refractivity contribution in [2.24, 2.45) is 0 Å². The van der Waals surface area contributed by atoms with Crippen LogP contribution in [0.3, 0.4) is 0 Å². The number of carbonyl (C=O) groups is 1. The molecule has 0 saturated carbocycles. The number of nitrogens with zero attached hydrogens (tertiary/aromatic N) is 3. The lowest BCUT2D eigenvalue weighted by atomic mass is 10.1. The maximum Gasteiger partial charge on any atom is 0.271 e. The van der Waals surface area contributed by atoms with E-state index in [0.717, 1.165) is 13.0 Å². The van der Waals surface area contributed by atoms with Crippen LogP contribution in [-0.4, -0.2) is 48.5 Å². The lowest BCUT2D eigenvalue weighted by Gasteiger charge is -2.25. The fourth-order valence-corrected chi connectivity index (χ4v) is 3.26. The number of amides is 1. The van der Waals surface area contributed by atoms with Crippen molar-refractivity contribution in [2.45, 2.75) is 25.9 Å². The zero-order chi connectivity index (χ0) is 18.5. The van der Waals surface area contributed by atoms with E-state index in [1.54, 1.807) is 7.11 Å². The molecule has 2 heterocycles. The minimum atomic E-state index is -0.281. The van der Waals surface area contributed by atoms with Crippen LogP contribution in [0.5, 0.6) is 0 Å². The zero-order valence-electron chi connectivity index (χ0n) is 15.1. The van der Waals surface area contributed by atoms with Crippen LogP contribution < -0.4 is 15.8 Å². The van der Waals surface area contributed by atoms with E-state index in [0.29, 0.717) is 25.7 Å². The lowest BCUT2D eigenvalue weighted by molar-refractivity contribution is 0.0946. The SMILES string of the molecule is COCCn1nc(C(=O)NCCN2c3ccccc3CC2C)ccc1=O. The molecular formula is C19H24N4O3. The predicted octanol–water partition coefficient (Wildman–Crippen LogP) is 1.07. The molecule has 0 bridgehead atoms. The van der Waals surface area contributed by atoms with Crippen LogP contribution in [0.25, 0.3) is 0 Å². The van der Waals surface area contributed by atoms with E-state index in [9.17, 15) is 9.59 Å². The second-order valence-electron chi connectivity index (χ2n) is 6.40. The van der Waals surface area contributed by atoms with Crippen LogP contribution >= 0.6 is 0 Å². The van der Waals surface area contributed by atoms with Gasteiger partial charge in [-0.1, -0.05) is 18.2 Å². The van der Waals surface area contributed by atoms with E-state index in [1.807, 2.05) is 6.07 Å². The highest BCUT2D eigenvalue weighted by atomic mass is 16.5. The highest BCUT2D eigenvalue weighted by Gasteiger charge is 2.25. The van der Waals surface area contributed by atoms with E-state index < -0.39 is 0 Å². The Morgan fingerprint density at radius 3 is 2.88 bits per heavy atom. The number of rotatable bonds is 7. The molecule has 1 atom stereocenters. The fraction of sp³-hybridized carbons (Fsp3) is 0.421. The highest BCUT2D eigenvalue weighted by Crippen LogP contribution is 2.31. The van der Waals surface area contributed by atoms with Crippen molar-refractivity contribution in [3.63, 3.8) is 0 Å². The van der Waals surface area contributed by atoms with Crippen LogP contribution in [-0.2, 0) is 17.7 Å². The van der Waals surface area contributed by atoms with Crippen molar-refractivity contribution in [3.05, 3.63) is 58.0 Å². The topological polar surface area (TPSA) is 76.5 Å². The monoisotopic (exact) mass is 356 g/mol. The zero-order valence-corrected chi connectivity index (χ0v) is 15.1. The molecular weight excluding hydrogens is 332 g/mol. The molecule has 7 heteroatoms. The summed E-state index contributed by atoms with van der Waals surface area (Å²) in [5, 5.41) is 7.00. The summed E-state index contributed by atoms with van der Waals surface area (Å²) in [5.74, 6) is -0.281. The first-order valence-electron chi connectivity index (χ1n) is 8.80. The molecule has 2 aromatic rings. The standard InChI is InChI=1S/C19H24N4O3/c1-14-13-15-5-3-4-6-17(15)22(14)10-9-20-19(25)16-7-8-18(24)23(21-16)11-12-26-2/h3-8,14H,9-13H2,1-2H3,(H,20,25). The number of nitrogens with one attached hydrogen (secondary N) is 1. The van der Waals surface area contributed by atoms with Crippen molar-refractivity contribution < 1.29 is 9.53 Å². The number of ether oxygens (including phenoxy) is 1. The number of hydrogen-bond donors (Lipinski definition) is 1. The Morgan fingerprint density at radius 2 is 2.08 bits per heavy atom. The first kappa shape index (κ1) is 18.1. The summed E-state index contributed by atoms with van der Waals surface area (Å²) in [4.78, 5) is 26.4. The van der Waals surface area contributed by atoms with Gasteiger partial charge >= 0.3 is 0 Å². The molecule has 0 spiro atoms. The number of carbonyl (C=O) groups excluding carboxylic acids is 1. The quantitative estimate of drug-likeness (QED) is 0.803. The minimum absolute atomic E-state index is 0.232. The Hall–Kier alpha value is -2.67. The Morgan fingerprint density at radius 1 is 1.27 bits per heavy atom. The number of fused-ring (bicyclic) bond motifs is 1. The number of para-hydroxylation sites is 1. The predicted molar refractivity (Wildman–Crippen MR) is 99.7 cm³/mol. The van der Waals surface area contributed by atoms with Crippen LogP contribution in [0.4, 0.5) is 5.69 Å². The van der Waals surface area contributed by atoms with Gasteiger partial charge in [-0.05, 0) is 31.0 Å². The molecule has 1 aliphatic heterocycles. The van der Waals surface area contributed by atoms with Crippen LogP contribution in [0.15, 0.2) is 41.2 Å². The normalized spacial score (nSPS) is 15.8. The van der Waals surface area contributed by atoms with E-state index in [2.05, 4.69) is 40.4 Å². The van der Waals surface area contributed by atoms with Gasteiger partial charge < -0.3 is 15.0 Å². The summed E-state index contributed by atoms with van der Waals surface area (Å²) in [6, 6.07) is 11.6.